The minimum absolute atomic E-state index is 0.0295. The van der Waals surface area contributed by atoms with Crippen molar-refractivity contribution in [3.63, 3.8) is 0 Å². The highest BCUT2D eigenvalue weighted by atomic mass is 16.4. The van der Waals surface area contributed by atoms with Gasteiger partial charge in [-0.15, -0.1) is 0 Å². The van der Waals surface area contributed by atoms with Gasteiger partial charge in [0.25, 0.3) is 0 Å². The SMILES string of the molecule is NC(=O)CCNC(=O)[C@H](CC(N)=O)NC(=O)CCCC(=O)O. The van der Waals surface area contributed by atoms with Gasteiger partial charge in [-0.3, -0.25) is 24.0 Å². The second kappa shape index (κ2) is 10.1. The highest BCUT2D eigenvalue weighted by Gasteiger charge is 2.22. The van der Waals surface area contributed by atoms with Gasteiger partial charge in [0, 0.05) is 25.8 Å². The number of rotatable bonds is 11. The first-order valence-corrected chi connectivity index (χ1v) is 6.57. The third-order valence-electron chi connectivity index (χ3n) is 2.52. The summed E-state index contributed by atoms with van der Waals surface area (Å²) in [6, 6.07) is -1.18. The van der Waals surface area contributed by atoms with Crippen LogP contribution in [0.4, 0.5) is 0 Å². The zero-order valence-corrected chi connectivity index (χ0v) is 12.0. The molecule has 0 saturated carbocycles. The topological polar surface area (TPSA) is 182 Å². The van der Waals surface area contributed by atoms with E-state index in [9.17, 15) is 24.0 Å². The number of carboxylic acid groups (broad SMARTS) is 1. The Morgan fingerprint density at radius 1 is 0.955 bits per heavy atom. The Hall–Kier alpha value is -2.65. The maximum absolute atomic E-state index is 11.8. The molecule has 0 aliphatic rings. The van der Waals surface area contributed by atoms with Crippen LogP contribution in [0.15, 0.2) is 0 Å². The van der Waals surface area contributed by atoms with Crippen molar-refractivity contribution in [1.29, 1.82) is 0 Å². The van der Waals surface area contributed by atoms with E-state index in [4.69, 9.17) is 16.6 Å². The molecule has 0 aliphatic heterocycles. The van der Waals surface area contributed by atoms with Gasteiger partial charge < -0.3 is 27.2 Å². The molecule has 7 N–H and O–H groups in total. The van der Waals surface area contributed by atoms with Gasteiger partial charge in [-0.25, -0.2) is 0 Å². The highest BCUT2D eigenvalue weighted by Crippen LogP contribution is 1.98. The summed E-state index contributed by atoms with van der Waals surface area (Å²) in [5, 5.41) is 13.1. The van der Waals surface area contributed by atoms with Crippen LogP contribution in [0.1, 0.15) is 32.1 Å². The van der Waals surface area contributed by atoms with E-state index >= 15 is 0 Å². The fourth-order valence-electron chi connectivity index (χ4n) is 1.51. The number of carboxylic acids is 1. The smallest absolute Gasteiger partial charge is 0.303 e. The van der Waals surface area contributed by atoms with Crippen LogP contribution in [-0.4, -0.2) is 47.3 Å². The molecular weight excluding hydrogens is 296 g/mol. The lowest BCUT2D eigenvalue weighted by Gasteiger charge is -2.17. The number of carbonyl (C=O) groups excluding carboxylic acids is 4. The van der Waals surface area contributed by atoms with Crippen LogP contribution in [0.3, 0.4) is 0 Å². The van der Waals surface area contributed by atoms with Crippen molar-refractivity contribution in [2.24, 2.45) is 11.5 Å². The Morgan fingerprint density at radius 2 is 1.59 bits per heavy atom. The van der Waals surface area contributed by atoms with Gasteiger partial charge >= 0.3 is 5.97 Å². The van der Waals surface area contributed by atoms with E-state index < -0.39 is 42.1 Å². The van der Waals surface area contributed by atoms with Gasteiger partial charge in [-0.05, 0) is 6.42 Å². The van der Waals surface area contributed by atoms with Crippen molar-refractivity contribution < 1.29 is 29.1 Å². The fourth-order valence-corrected chi connectivity index (χ4v) is 1.51. The quantitative estimate of drug-likeness (QED) is 0.283. The minimum atomic E-state index is -1.18. The number of hydrogen-bond acceptors (Lipinski definition) is 5. The van der Waals surface area contributed by atoms with Gasteiger partial charge in [0.2, 0.25) is 23.6 Å². The number of nitrogens with one attached hydrogen (secondary N) is 2. The van der Waals surface area contributed by atoms with Crippen molar-refractivity contribution in [2.45, 2.75) is 38.1 Å². The Bertz CT molecular complexity index is 451. The standard InChI is InChI=1S/C12H20N4O6/c13-8(17)4-5-15-12(22)7(6-9(14)18)16-10(19)2-1-3-11(20)21/h7H,1-6H2,(H2,13,17)(H2,14,18)(H,15,22)(H,16,19)(H,20,21)/t7-/m0/s1. The summed E-state index contributed by atoms with van der Waals surface area (Å²) in [4.78, 5) is 55.2. The second-order valence-electron chi connectivity index (χ2n) is 4.55. The molecule has 124 valence electrons. The number of primary amides is 2. The lowest BCUT2D eigenvalue weighted by atomic mass is 10.1. The molecule has 0 bridgehead atoms. The number of nitrogens with two attached hydrogens (primary N) is 2. The zero-order chi connectivity index (χ0) is 17.1. The van der Waals surface area contributed by atoms with E-state index in [1.165, 1.54) is 0 Å². The molecule has 0 rings (SSSR count). The zero-order valence-electron chi connectivity index (χ0n) is 12.0. The van der Waals surface area contributed by atoms with E-state index in [1.54, 1.807) is 0 Å². The van der Waals surface area contributed by atoms with E-state index in [1.807, 2.05) is 0 Å². The van der Waals surface area contributed by atoms with Crippen LogP contribution in [0.2, 0.25) is 0 Å². The first-order chi connectivity index (χ1) is 10.2. The summed E-state index contributed by atoms with van der Waals surface area (Å²) in [7, 11) is 0. The van der Waals surface area contributed by atoms with Gasteiger partial charge in [-0.1, -0.05) is 0 Å². The molecule has 0 aliphatic carbocycles. The van der Waals surface area contributed by atoms with Crippen molar-refractivity contribution in [2.75, 3.05) is 6.54 Å². The van der Waals surface area contributed by atoms with Gasteiger partial charge in [0.05, 0.1) is 6.42 Å². The summed E-state index contributed by atoms with van der Waals surface area (Å²) in [5.74, 6) is -3.68. The molecule has 0 saturated heterocycles. The van der Waals surface area contributed by atoms with Gasteiger partial charge in [0.1, 0.15) is 6.04 Å². The maximum Gasteiger partial charge on any atom is 0.303 e. The van der Waals surface area contributed by atoms with Crippen LogP contribution in [0.25, 0.3) is 0 Å². The first-order valence-electron chi connectivity index (χ1n) is 6.57. The predicted octanol–water partition coefficient (Wildman–Crippen LogP) is -2.41. The molecule has 1 atom stereocenters. The summed E-state index contributed by atoms with van der Waals surface area (Å²) >= 11 is 0. The van der Waals surface area contributed by atoms with Crippen LogP contribution in [-0.2, 0) is 24.0 Å². The number of carbonyl (C=O) groups is 5. The van der Waals surface area contributed by atoms with Gasteiger partial charge in [0.15, 0.2) is 0 Å². The molecule has 0 aromatic carbocycles. The Labute approximate surface area is 126 Å². The van der Waals surface area contributed by atoms with E-state index in [0.29, 0.717) is 0 Å². The first kappa shape index (κ1) is 19.4. The van der Waals surface area contributed by atoms with E-state index in [2.05, 4.69) is 10.6 Å². The lowest BCUT2D eigenvalue weighted by molar-refractivity contribution is -0.137. The highest BCUT2D eigenvalue weighted by molar-refractivity contribution is 5.91. The second-order valence-corrected chi connectivity index (χ2v) is 4.55. The number of aliphatic carboxylic acids is 1. The average molecular weight is 316 g/mol. The van der Waals surface area contributed by atoms with Crippen LogP contribution < -0.4 is 22.1 Å². The molecule has 0 fully saturated rings. The molecule has 0 spiro atoms. The van der Waals surface area contributed by atoms with Crippen molar-refractivity contribution in [3.05, 3.63) is 0 Å². The molecule has 10 nitrogen and oxygen atoms in total. The molecule has 22 heavy (non-hydrogen) atoms. The summed E-state index contributed by atoms with van der Waals surface area (Å²) < 4.78 is 0. The largest absolute Gasteiger partial charge is 0.481 e. The Kier molecular flexibility index (Phi) is 8.91. The number of hydrogen-bond donors (Lipinski definition) is 5. The Morgan fingerprint density at radius 3 is 2.09 bits per heavy atom. The maximum atomic E-state index is 11.8. The third kappa shape index (κ3) is 10.2. The average Bonchev–Trinajstić information content (AvgIpc) is 2.36. The lowest BCUT2D eigenvalue weighted by Crippen LogP contribution is -2.49. The van der Waals surface area contributed by atoms with Crippen LogP contribution in [0, 0.1) is 0 Å². The molecule has 0 aromatic rings. The Balaban J connectivity index is 4.39. The predicted molar refractivity (Wildman–Crippen MR) is 74.1 cm³/mol. The van der Waals surface area contributed by atoms with Gasteiger partial charge in [-0.2, -0.15) is 0 Å². The minimum Gasteiger partial charge on any atom is -0.481 e. The van der Waals surface area contributed by atoms with Crippen molar-refractivity contribution in [3.8, 4) is 0 Å². The van der Waals surface area contributed by atoms with E-state index in [0.717, 1.165) is 0 Å². The van der Waals surface area contributed by atoms with Crippen LogP contribution >= 0.6 is 0 Å². The van der Waals surface area contributed by atoms with Crippen molar-refractivity contribution >= 4 is 29.6 Å². The molecule has 0 heterocycles. The molecule has 0 radical (unpaired) electrons. The monoisotopic (exact) mass is 316 g/mol. The molecule has 0 aromatic heterocycles. The van der Waals surface area contributed by atoms with Crippen molar-refractivity contribution in [1.82, 2.24) is 10.6 Å². The summed E-state index contributed by atoms with van der Waals surface area (Å²) in [5.41, 5.74) is 9.92. The normalized spacial score (nSPS) is 11.3. The summed E-state index contributed by atoms with van der Waals surface area (Å²) in [6.45, 7) is -0.0295. The van der Waals surface area contributed by atoms with Crippen LogP contribution in [0.5, 0.6) is 0 Å². The number of amides is 4. The summed E-state index contributed by atoms with van der Waals surface area (Å²) in [6.07, 6.45) is -0.669. The third-order valence-corrected chi connectivity index (χ3v) is 2.52. The molecule has 4 amide bonds. The molecule has 0 unspecified atom stereocenters. The van der Waals surface area contributed by atoms with E-state index in [-0.39, 0.29) is 32.2 Å². The molecular formula is C12H20N4O6. The molecule has 10 heteroatoms. The fraction of sp³-hybridized carbons (Fsp3) is 0.583.